The number of rotatable bonds is 2. The van der Waals surface area contributed by atoms with Crippen molar-refractivity contribution in [2.24, 2.45) is 0 Å². The zero-order chi connectivity index (χ0) is 12.5. The number of aromatic nitrogens is 1. The fourth-order valence-electron chi connectivity index (χ4n) is 2.12. The Balaban J connectivity index is 2.17. The van der Waals surface area contributed by atoms with Crippen LogP contribution in [0.5, 0.6) is 0 Å². The highest BCUT2D eigenvalue weighted by Gasteiger charge is 2.33. The van der Waals surface area contributed by atoms with Gasteiger partial charge >= 0.3 is 0 Å². The third-order valence-corrected chi connectivity index (χ3v) is 2.94. The molecule has 94 valence electrons. The van der Waals surface area contributed by atoms with E-state index in [1.807, 2.05) is 26.0 Å². The number of nitrogens with zero attached hydrogens (tertiary/aromatic N) is 2. The van der Waals surface area contributed by atoms with Gasteiger partial charge in [-0.25, -0.2) is 4.98 Å². The SMILES string of the molecule is CC1(C)CN(c2ccc(Cl)cn2)CC(CO)O1. The molecule has 1 N–H and O–H groups in total. The Morgan fingerprint density at radius 2 is 2.35 bits per heavy atom. The minimum Gasteiger partial charge on any atom is -0.394 e. The van der Waals surface area contributed by atoms with Gasteiger partial charge in [-0.15, -0.1) is 0 Å². The largest absolute Gasteiger partial charge is 0.394 e. The van der Waals surface area contributed by atoms with Gasteiger partial charge in [-0.2, -0.15) is 0 Å². The molecule has 17 heavy (non-hydrogen) atoms. The Labute approximate surface area is 106 Å². The van der Waals surface area contributed by atoms with Gasteiger partial charge < -0.3 is 14.7 Å². The summed E-state index contributed by atoms with van der Waals surface area (Å²) in [6, 6.07) is 3.71. The summed E-state index contributed by atoms with van der Waals surface area (Å²) < 4.78 is 5.75. The van der Waals surface area contributed by atoms with Crippen LogP contribution in [0.2, 0.25) is 5.02 Å². The molecule has 2 rings (SSSR count). The lowest BCUT2D eigenvalue weighted by Crippen LogP contribution is -2.54. The number of halogens is 1. The summed E-state index contributed by atoms with van der Waals surface area (Å²) in [4.78, 5) is 6.40. The van der Waals surface area contributed by atoms with Crippen LogP contribution in [0.1, 0.15) is 13.8 Å². The van der Waals surface area contributed by atoms with Crippen LogP contribution in [0, 0.1) is 0 Å². The van der Waals surface area contributed by atoms with Crippen molar-refractivity contribution in [1.29, 1.82) is 0 Å². The number of pyridine rings is 1. The van der Waals surface area contributed by atoms with Crippen molar-refractivity contribution in [2.75, 3.05) is 24.6 Å². The van der Waals surface area contributed by atoms with E-state index in [2.05, 4.69) is 9.88 Å². The van der Waals surface area contributed by atoms with Crippen molar-refractivity contribution in [3.8, 4) is 0 Å². The van der Waals surface area contributed by atoms with Crippen LogP contribution in [0.3, 0.4) is 0 Å². The molecule has 1 atom stereocenters. The van der Waals surface area contributed by atoms with E-state index in [1.54, 1.807) is 6.20 Å². The number of aliphatic hydroxyl groups is 1. The van der Waals surface area contributed by atoms with Gasteiger partial charge in [0.25, 0.3) is 0 Å². The lowest BCUT2D eigenvalue weighted by Gasteiger charge is -2.42. The fourth-order valence-corrected chi connectivity index (χ4v) is 2.23. The smallest absolute Gasteiger partial charge is 0.128 e. The van der Waals surface area contributed by atoms with Crippen molar-refractivity contribution in [3.63, 3.8) is 0 Å². The van der Waals surface area contributed by atoms with Crippen LogP contribution in [0.15, 0.2) is 18.3 Å². The summed E-state index contributed by atoms with van der Waals surface area (Å²) in [5, 5.41) is 9.86. The number of ether oxygens (including phenoxy) is 1. The average Bonchev–Trinajstić information content (AvgIpc) is 2.27. The number of hydrogen-bond acceptors (Lipinski definition) is 4. The second-order valence-corrected chi connectivity index (χ2v) is 5.33. The van der Waals surface area contributed by atoms with Gasteiger partial charge in [0, 0.05) is 19.3 Å². The van der Waals surface area contributed by atoms with E-state index in [9.17, 15) is 5.11 Å². The predicted molar refractivity (Wildman–Crippen MR) is 67.5 cm³/mol. The number of hydrogen-bond donors (Lipinski definition) is 1. The number of morpholine rings is 1. The molecule has 0 spiro atoms. The Hall–Kier alpha value is -0.840. The molecule has 1 aromatic heterocycles. The van der Waals surface area contributed by atoms with Crippen LogP contribution in [-0.2, 0) is 4.74 Å². The van der Waals surface area contributed by atoms with Crippen molar-refractivity contribution >= 4 is 17.4 Å². The standard InChI is InChI=1S/C12H17ClN2O2/c1-12(2)8-15(6-10(7-16)17-12)11-4-3-9(13)5-14-11/h3-5,10,16H,6-8H2,1-2H3. The summed E-state index contributed by atoms with van der Waals surface area (Å²) in [5.41, 5.74) is -0.285. The lowest BCUT2D eigenvalue weighted by molar-refractivity contribution is -0.101. The second kappa shape index (κ2) is 4.80. The molecule has 0 amide bonds. The summed E-state index contributed by atoms with van der Waals surface area (Å²) >= 11 is 5.82. The Bertz CT molecular complexity index is 381. The number of anilines is 1. The van der Waals surface area contributed by atoms with Crippen molar-refractivity contribution in [3.05, 3.63) is 23.4 Å². The molecule has 1 aromatic rings. The van der Waals surface area contributed by atoms with E-state index in [4.69, 9.17) is 16.3 Å². The molecule has 1 aliphatic rings. The predicted octanol–water partition coefficient (Wildman–Crippen LogP) is 1.71. The number of aliphatic hydroxyl groups excluding tert-OH is 1. The van der Waals surface area contributed by atoms with Gasteiger partial charge in [0.05, 0.1) is 23.3 Å². The molecule has 0 aliphatic carbocycles. The monoisotopic (exact) mass is 256 g/mol. The minimum absolute atomic E-state index is 0.0213. The summed E-state index contributed by atoms with van der Waals surface area (Å²) in [6.07, 6.45) is 1.46. The topological polar surface area (TPSA) is 45.6 Å². The molecule has 4 nitrogen and oxygen atoms in total. The molecule has 0 aromatic carbocycles. The molecule has 0 saturated carbocycles. The fraction of sp³-hybridized carbons (Fsp3) is 0.583. The average molecular weight is 257 g/mol. The zero-order valence-electron chi connectivity index (χ0n) is 10.1. The molecule has 1 aliphatic heterocycles. The molecule has 5 heteroatoms. The Kier molecular flexibility index (Phi) is 3.56. The maximum absolute atomic E-state index is 9.24. The van der Waals surface area contributed by atoms with E-state index in [0.717, 1.165) is 12.4 Å². The van der Waals surface area contributed by atoms with Crippen molar-refractivity contribution < 1.29 is 9.84 Å². The van der Waals surface area contributed by atoms with Gasteiger partial charge in [-0.1, -0.05) is 11.6 Å². The van der Waals surface area contributed by atoms with Crippen LogP contribution in [0.25, 0.3) is 0 Å². The first-order valence-electron chi connectivity index (χ1n) is 5.65. The maximum atomic E-state index is 9.24. The lowest BCUT2D eigenvalue weighted by atomic mass is 10.1. The van der Waals surface area contributed by atoms with Gasteiger partial charge in [0.1, 0.15) is 5.82 Å². The summed E-state index contributed by atoms with van der Waals surface area (Å²) in [5.74, 6) is 0.865. The van der Waals surface area contributed by atoms with Crippen LogP contribution in [0.4, 0.5) is 5.82 Å². The first-order valence-corrected chi connectivity index (χ1v) is 6.03. The zero-order valence-corrected chi connectivity index (χ0v) is 10.8. The Morgan fingerprint density at radius 1 is 1.59 bits per heavy atom. The van der Waals surface area contributed by atoms with Gasteiger partial charge in [-0.3, -0.25) is 0 Å². The third kappa shape index (κ3) is 3.09. The molecule has 1 fully saturated rings. The highest BCUT2D eigenvalue weighted by molar-refractivity contribution is 6.30. The van der Waals surface area contributed by atoms with Gasteiger partial charge in [0.2, 0.25) is 0 Å². The Morgan fingerprint density at radius 3 is 2.94 bits per heavy atom. The highest BCUT2D eigenvalue weighted by atomic mass is 35.5. The quantitative estimate of drug-likeness (QED) is 0.875. The van der Waals surface area contributed by atoms with E-state index >= 15 is 0 Å². The molecule has 1 unspecified atom stereocenters. The van der Waals surface area contributed by atoms with Gasteiger partial charge in [-0.05, 0) is 26.0 Å². The maximum Gasteiger partial charge on any atom is 0.128 e. The van der Waals surface area contributed by atoms with E-state index in [0.29, 0.717) is 11.6 Å². The molecule has 1 saturated heterocycles. The van der Waals surface area contributed by atoms with Crippen LogP contribution < -0.4 is 4.90 Å². The third-order valence-electron chi connectivity index (χ3n) is 2.72. The molecular formula is C12H17ClN2O2. The van der Waals surface area contributed by atoms with Crippen LogP contribution >= 0.6 is 11.6 Å². The molecule has 0 bridgehead atoms. The summed E-state index contributed by atoms with van der Waals surface area (Å²) in [6.45, 7) is 5.44. The minimum atomic E-state index is -0.285. The normalized spacial score (nSPS) is 23.8. The van der Waals surface area contributed by atoms with Crippen LogP contribution in [-0.4, -0.2) is 41.5 Å². The van der Waals surface area contributed by atoms with E-state index in [-0.39, 0.29) is 18.3 Å². The van der Waals surface area contributed by atoms with E-state index < -0.39 is 0 Å². The van der Waals surface area contributed by atoms with E-state index in [1.165, 1.54) is 0 Å². The first kappa shape index (κ1) is 12.6. The summed E-state index contributed by atoms with van der Waals surface area (Å²) in [7, 11) is 0. The molecule has 0 radical (unpaired) electrons. The van der Waals surface area contributed by atoms with Crippen molar-refractivity contribution in [1.82, 2.24) is 4.98 Å². The molecular weight excluding hydrogens is 240 g/mol. The highest BCUT2D eigenvalue weighted by Crippen LogP contribution is 2.25. The first-order chi connectivity index (χ1) is 8.00. The molecule has 2 heterocycles. The second-order valence-electron chi connectivity index (χ2n) is 4.90. The van der Waals surface area contributed by atoms with Crippen molar-refractivity contribution in [2.45, 2.75) is 25.6 Å². The van der Waals surface area contributed by atoms with Gasteiger partial charge in [0.15, 0.2) is 0 Å².